The molecule has 0 saturated carbocycles. The molecule has 6 rings (SSSR count). The number of carbonyl (C=O) groups excluding carboxylic acids is 2. The highest BCUT2D eigenvalue weighted by molar-refractivity contribution is 8.00. The molecular weight excluding hydrogens is 601 g/mol. The van der Waals surface area contributed by atoms with E-state index >= 15 is 0 Å². The van der Waals surface area contributed by atoms with Gasteiger partial charge in [-0.3, -0.25) is 14.5 Å². The van der Waals surface area contributed by atoms with Crippen molar-refractivity contribution in [2.45, 2.75) is 28.8 Å². The van der Waals surface area contributed by atoms with Crippen LogP contribution in [0, 0.1) is 0 Å². The average Bonchev–Trinajstić information content (AvgIpc) is 3.09. The predicted octanol–water partition coefficient (Wildman–Crippen LogP) is 7.75. The normalized spacial score (nSPS) is 16.7. The third-order valence-corrected chi connectivity index (χ3v) is 10.3. The maximum absolute atomic E-state index is 14.8. The zero-order valence-corrected chi connectivity index (χ0v) is 26.8. The topological polar surface area (TPSA) is 59.1 Å². The zero-order valence-electron chi connectivity index (χ0n) is 25.2. The Kier molecular flexibility index (Phi) is 9.62. The molecule has 0 N–H and O–H groups in total. The van der Waals surface area contributed by atoms with Crippen LogP contribution in [0.4, 0.5) is 5.69 Å². The van der Waals surface area contributed by atoms with Crippen LogP contribution < -0.4 is 14.4 Å². The highest BCUT2D eigenvalue weighted by Gasteiger charge is 2.47. The molecule has 2 unspecified atom stereocenters. The van der Waals surface area contributed by atoms with Gasteiger partial charge in [0.2, 0.25) is 0 Å². The van der Waals surface area contributed by atoms with Crippen molar-refractivity contribution >= 4 is 51.8 Å². The van der Waals surface area contributed by atoms with E-state index in [1.54, 1.807) is 24.0 Å². The summed E-state index contributed by atoms with van der Waals surface area (Å²) in [6, 6.07) is 39.5. The molecule has 45 heavy (non-hydrogen) atoms. The van der Waals surface area contributed by atoms with Crippen LogP contribution in [0.1, 0.15) is 16.7 Å². The van der Waals surface area contributed by atoms with Gasteiger partial charge >= 0.3 is 0 Å². The molecule has 6 nitrogen and oxygen atoms in total. The first kappa shape index (κ1) is 30.6. The van der Waals surface area contributed by atoms with Crippen molar-refractivity contribution in [1.29, 1.82) is 0 Å². The average molecular weight is 635 g/mol. The first-order valence-electron chi connectivity index (χ1n) is 14.7. The number of anilines is 1. The van der Waals surface area contributed by atoms with Crippen LogP contribution in [0.25, 0.3) is 10.8 Å². The number of amides is 2. The summed E-state index contributed by atoms with van der Waals surface area (Å²) in [6.07, 6.45) is 0. The van der Waals surface area contributed by atoms with Gasteiger partial charge in [0.1, 0.15) is 11.5 Å². The molecule has 1 aliphatic rings. The number of piperazine rings is 1. The number of hydrogen-bond acceptors (Lipinski definition) is 6. The standard InChI is InChI=1S/C37H34N2O4S2/c1-42-30-19-15-27(16-20-30)24-44-36-35(41)39(33-14-8-12-29-11-6-7-13-32(29)33)37(45-25-28-17-21-31(43-2)22-18-28)34(40)38(36)23-26-9-4-3-5-10-26/h3-22,36-37H,23-25H2,1-2H3. The fourth-order valence-corrected chi connectivity index (χ4v) is 7.79. The quantitative estimate of drug-likeness (QED) is 0.148. The van der Waals surface area contributed by atoms with Gasteiger partial charge in [-0.2, -0.15) is 0 Å². The van der Waals surface area contributed by atoms with Crippen LogP contribution >= 0.6 is 23.5 Å². The Bertz CT molecular complexity index is 1760. The molecule has 2 atom stereocenters. The Morgan fingerprint density at radius 3 is 1.76 bits per heavy atom. The van der Waals surface area contributed by atoms with E-state index in [-0.39, 0.29) is 11.8 Å². The molecule has 228 valence electrons. The maximum Gasteiger partial charge on any atom is 0.261 e. The van der Waals surface area contributed by atoms with Gasteiger partial charge in [-0.1, -0.05) is 91.0 Å². The van der Waals surface area contributed by atoms with E-state index in [1.807, 2.05) is 121 Å². The zero-order chi connectivity index (χ0) is 31.2. The number of hydrogen-bond donors (Lipinski definition) is 0. The Morgan fingerprint density at radius 2 is 1.13 bits per heavy atom. The molecule has 2 amide bonds. The fourth-order valence-electron chi connectivity index (χ4n) is 5.44. The Hall–Kier alpha value is -4.40. The molecule has 0 spiro atoms. The van der Waals surface area contributed by atoms with Crippen LogP contribution in [0.2, 0.25) is 0 Å². The third-order valence-electron chi connectivity index (χ3n) is 7.82. The number of benzene rings is 5. The van der Waals surface area contributed by atoms with E-state index in [1.165, 1.54) is 23.5 Å². The summed E-state index contributed by atoms with van der Waals surface area (Å²) < 4.78 is 10.7. The van der Waals surface area contributed by atoms with Crippen LogP contribution in [-0.2, 0) is 27.6 Å². The van der Waals surface area contributed by atoms with Crippen molar-refractivity contribution in [1.82, 2.24) is 4.90 Å². The lowest BCUT2D eigenvalue weighted by molar-refractivity contribution is -0.141. The van der Waals surface area contributed by atoms with Gasteiger partial charge < -0.3 is 14.4 Å². The van der Waals surface area contributed by atoms with Gasteiger partial charge in [0.15, 0.2) is 10.7 Å². The monoisotopic (exact) mass is 634 g/mol. The lowest BCUT2D eigenvalue weighted by atomic mass is 10.1. The van der Waals surface area contributed by atoms with Crippen molar-refractivity contribution in [2.75, 3.05) is 19.1 Å². The molecule has 5 aromatic carbocycles. The summed E-state index contributed by atoms with van der Waals surface area (Å²) >= 11 is 2.95. The van der Waals surface area contributed by atoms with Crippen molar-refractivity contribution in [3.05, 3.63) is 138 Å². The minimum absolute atomic E-state index is 0.0860. The second kappa shape index (κ2) is 14.1. The Balaban J connectivity index is 1.39. The number of carbonyl (C=O) groups is 2. The molecule has 1 fully saturated rings. The molecule has 0 aromatic heterocycles. The molecular formula is C37H34N2O4S2. The number of rotatable bonds is 11. The number of thioether (sulfide) groups is 2. The summed E-state index contributed by atoms with van der Waals surface area (Å²) in [5.74, 6) is 2.47. The Labute approximate surface area is 272 Å². The van der Waals surface area contributed by atoms with E-state index in [4.69, 9.17) is 9.47 Å². The first-order valence-corrected chi connectivity index (χ1v) is 16.8. The number of ether oxygens (including phenoxy) is 2. The summed E-state index contributed by atoms with van der Waals surface area (Å²) in [5.41, 5.74) is 3.82. The van der Waals surface area contributed by atoms with Gasteiger partial charge in [-0.05, 0) is 52.4 Å². The molecule has 0 bridgehead atoms. The summed E-state index contributed by atoms with van der Waals surface area (Å²) in [4.78, 5) is 33.0. The van der Waals surface area contributed by atoms with E-state index in [0.29, 0.717) is 18.1 Å². The largest absolute Gasteiger partial charge is 0.497 e. The molecule has 1 saturated heterocycles. The highest BCUT2D eigenvalue weighted by atomic mass is 32.2. The molecule has 0 aliphatic carbocycles. The van der Waals surface area contributed by atoms with Crippen LogP contribution in [0.15, 0.2) is 121 Å². The van der Waals surface area contributed by atoms with E-state index < -0.39 is 10.7 Å². The SMILES string of the molecule is COc1ccc(CSC2C(=O)N(c3cccc4ccccc34)C(SCc3ccc(OC)cc3)C(=O)N2Cc2ccccc2)cc1. The second-order valence-electron chi connectivity index (χ2n) is 10.7. The predicted molar refractivity (Wildman–Crippen MR) is 185 cm³/mol. The van der Waals surface area contributed by atoms with E-state index in [2.05, 4.69) is 0 Å². The summed E-state index contributed by atoms with van der Waals surface area (Å²) in [7, 11) is 3.28. The second-order valence-corrected chi connectivity index (χ2v) is 12.8. The Morgan fingerprint density at radius 1 is 0.578 bits per heavy atom. The highest BCUT2D eigenvalue weighted by Crippen LogP contribution is 2.40. The minimum Gasteiger partial charge on any atom is -0.497 e. The van der Waals surface area contributed by atoms with Crippen LogP contribution in [0.5, 0.6) is 11.5 Å². The number of methoxy groups -OCH3 is 2. The van der Waals surface area contributed by atoms with E-state index in [0.717, 1.165) is 44.6 Å². The van der Waals surface area contributed by atoms with Crippen molar-refractivity contribution in [2.24, 2.45) is 0 Å². The summed E-state index contributed by atoms with van der Waals surface area (Å²) in [6.45, 7) is 0.342. The molecule has 8 heteroatoms. The molecule has 1 heterocycles. The smallest absolute Gasteiger partial charge is 0.261 e. The number of nitrogens with zero attached hydrogens (tertiary/aromatic N) is 2. The van der Waals surface area contributed by atoms with E-state index in [9.17, 15) is 9.59 Å². The lowest BCUT2D eigenvalue weighted by Gasteiger charge is -2.44. The van der Waals surface area contributed by atoms with Gasteiger partial charge in [-0.15, -0.1) is 23.5 Å². The molecule has 5 aromatic rings. The van der Waals surface area contributed by atoms with Gasteiger partial charge in [-0.25, -0.2) is 0 Å². The lowest BCUT2D eigenvalue weighted by Crippen LogP contribution is -2.62. The van der Waals surface area contributed by atoms with Crippen molar-refractivity contribution in [3.63, 3.8) is 0 Å². The first-order chi connectivity index (χ1) is 22.1. The minimum atomic E-state index is -0.744. The fraction of sp³-hybridized carbons (Fsp3) is 0.189. The van der Waals surface area contributed by atoms with Gasteiger partial charge in [0, 0.05) is 23.4 Å². The molecule has 0 radical (unpaired) electrons. The van der Waals surface area contributed by atoms with Crippen molar-refractivity contribution < 1.29 is 19.1 Å². The number of fused-ring (bicyclic) bond motifs is 1. The van der Waals surface area contributed by atoms with Gasteiger partial charge in [0.05, 0.1) is 19.9 Å². The maximum atomic E-state index is 14.8. The van der Waals surface area contributed by atoms with Crippen LogP contribution in [0.3, 0.4) is 0 Å². The van der Waals surface area contributed by atoms with Crippen LogP contribution in [-0.4, -0.2) is 41.7 Å². The summed E-state index contributed by atoms with van der Waals surface area (Å²) in [5, 5.41) is 0.499. The molecule has 1 aliphatic heterocycles. The van der Waals surface area contributed by atoms with Crippen molar-refractivity contribution in [3.8, 4) is 11.5 Å². The van der Waals surface area contributed by atoms with Gasteiger partial charge in [0.25, 0.3) is 11.8 Å². The third kappa shape index (κ3) is 6.82.